The maximum Gasteiger partial charge on any atom is 0.145 e. The molecule has 0 saturated carbocycles. The summed E-state index contributed by atoms with van der Waals surface area (Å²) in [6, 6.07) is 7.85. The first kappa shape index (κ1) is 12.1. The number of nitrogens with one attached hydrogen (secondary N) is 1. The average Bonchev–Trinajstić information content (AvgIpc) is 2.38. The van der Waals surface area contributed by atoms with Gasteiger partial charge in [-0.2, -0.15) is 0 Å². The zero-order valence-corrected chi connectivity index (χ0v) is 10.6. The Morgan fingerprint density at radius 3 is 2.82 bits per heavy atom. The van der Waals surface area contributed by atoms with E-state index in [-0.39, 0.29) is 5.38 Å². The summed E-state index contributed by atoms with van der Waals surface area (Å²) in [5.41, 5.74) is 1.83. The molecular weight excluding hydrogens is 234 g/mol. The van der Waals surface area contributed by atoms with E-state index in [9.17, 15) is 0 Å². The zero-order valence-electron chi connectivity index (χ0n) is 9.86. The number of aromatic nitrogens is 2. The summed E-state index contributed by atoms with van der Waals surface area (Å²) in [5.74, 6) is 0.809. The molecule has 0 amide bonds. The molecule has 0 spiro atoms. The first-order valence-corrected chi connectivity index (χ1v) is 6.33. The number of alkyl halides is 1. The zero-order chi connectivity index (χ0) is 12.1. The molecule has 90 valence electrons. The molecule has 0 aliphatic carbocycles. The molecule has 2 rings (SSSR count). The van der Waals surface area contributed by atoms with Gasteiger partial charge in [0.1, 0.15) is 5.82 Å². The van der Waals surface area contributed by atoms with Gasteiger partial charge in [0, 0.05) is 11.9 Å². The van der Waals surface area contributed by atoms with Crippen LogP contribution in [0.2, 0.25) is 0 Å². The minimum absolute atomic E-state index is 0.232. The van der Waals surface area contributed by atoms with Crippen LogP contribution >= 0.6 is 11.6 Å². The van der Waals surface area contributed by atoms with Crippen LogP contribution in [-0.4, -0.2) is 21.9 Å². The van der Waals surface area contributed by atoms with Gasteiger partial charge in [-0.25, -0.2) is 4.98 Å². The summed E-state index contributed by atoms with van der Waals surface area (Å²) in [7, 11) is 0. The Balaban J connectivity index is 1.99. The highest BCUT2D eigenvalue weighted by molar-refractivity contribution is 6.20. The van der Waals surface area contributed by atoms with Crippen LogP contribution in [-0.2, 0) is 0 Å². The van der Waals surface area contributed by atoms with Gasteiger partial charge in [-0.05, 0) is 25.0 Å². The van der Waals surface area contributed by atoms with Crippen LogP contribution in [0.25, 0.3) is 11.0 Å². The van der Waals surface area contributed by atoms with E-state index in [1.807, 2.05) is 24.3 Å². The van der Waals surface area contributed by atoms with Crippen molar-refractivity contribution in [2.75, 3.05) is 11.9 Å². The Bertz CT molecular complexity index is 487. The Labute approximate surface area is 106 Å². The molecular formula is C13H16ClN3. The number of fused-ring (bicyclic) bond motifs is 1. The van der Waals surface area contributed by atoms with Gasteiger partial charge in [0.25, 0.3) is 0 Å². The normalized spacial score (nSPS) is 12.6. The molecule has 0 fully saturated rings. The quantitative estimate of drug-likeness (QED) is 0.825. The summed E-state index contributed by atoms with van der Waals surface area (Å²) >= 11 is 6.05. The maximum atomic E-state index is 6.05. The summed E-state index contributed by atoms with van der Waals surface area (Å²) in [6.07, 6.45) is 3.69. The Hall–Kier alpha value is -1.35. The molecule has 0 saturated heterocycles. The first-order chi connectivity index (χ1) is 8.29. The van der Waals surface area contributed by atoms with Crippen molar-refractivity contribution >= 4 is 28.5 Å². The van der Waals surface area contributed by atoms with Crippen molar-refractivity contribution in [1.82, 2.24) is 9.97 Å². The van der Waals surface area contributed by atoms with Crippen LogP contribution in [0.3, 0.4) is 0 Å². The number of benzene rings is 1. The molecule has 0 bridgehead atoms. The summed E-state index contributed by atoms with van der Waals surface area (Å²) in [4.78, 5) is 8.82. The predicted octanol–water partition coefficient (Wildman–Crippen LogP) is 3.45. The van der Waals surface area contributed by atoms with Crippen LogP contribution in [0.15, 0.2) is 30.5 Å². The summed E-state index contributed by atoms with van der Waals surface area (Å²) < 4.78 is 0. The van der Waals surface area contributed by atoms with E-state index in [0.717, 1.165) is 36.2 Å². The molecule has 1 unspecified atom stereocenters. The van der Waals surface area contributed by atoms with Crippen molar-refractivity contribution in [3.8, 4) is 0 Å². The van der Waals surface area contributed by atoms with Crippen molar-refractivity contribution in [2.24, 2.45) is 0 Å². The number of nitrogens with zero attached hydrogens (tertiary/aromatic N) is 2. The van der Waals surface area contributed by atoms with Crippen molar-refractivity contribution in [1.29, 1.82) is 0 Å². The molecule has 1 heterocycles. The lowest BCUT2D eigenvalue weighted by atomic mass is 10.2. The van der Waals surface area contributed by atoms with E-state index in [1.54, 1.807) is 6.20 Å². The van der Waals surface area contributed by atoms with Gasteiger partial charge in [0.15, 0.2) is 0 Å². The molecule has 1 atom stereocenters. The topological polar surface area (TPSA) is 37.8 Å². The third-order valence-electron chi connectivity index (χ3n) is 2.66. The molecule has 2 aromatic rings. The lowest BCUT2D eigenvalue weighted by Gasteiger charge is -2.08. The minimum Gasteiger partial charge on any atom is -0.369 e. The summed E-state index contributed by atoms with van der Waals surface area (Å²) in [5, 5.41) is 3.48. The first-order valence-electron chi connectivity index (χ1n) is 5.89. The van der Waals surface area contributed by atoms with Gasteiger partial charge >= 0.3 is 0 Å². The van der Waals surface area contributed by atoms with Gasteiger partial charge in [0.05, 0.1) is 17.2 Å². The van der Waals surface area contributed by atoms with Crippen molar-refractivity contribution in [2.45, 2.75) is 25.1 Å². The van der Waals surface area contributed by atoms with E-state index < -0.39 is 0 Å². The molecule has 1 N–H and O–H groups in total. The largest absolute Gasteiger partial charge is 0.369 e. The molecule has 0 aliphatic rings. The van der Waals surface area contributed by atoms with Crippen LogP contribution in [0, 0.1) is 0 Å². The van der Waals surface area contributed by atoms with E-state index in [2.05, 4.69) is 22.2 Å². The third-order valence-corrected chi connectivity index (χ3v) is 3.18. The molecule has 1 aromatic carbocycles. The van der Waals surface area contributed by atoms with Crippen LogP contribution < -0.4 is 5.32 Å². The lowest BCUT2D eigenvalue weighted by Crippen LogP contribution is -2.09. The van der Waals surface area contributed by atoms with Gasteiger partial charge in [0.2, 0.25) is 0 Å². The molecule has 1 aromatic heterocycles. The number of halogens is 1. The fraction of sp³-hybridized carbons (Fsp3) is 0.385. The molecule has 0 radical (unpaired) electrons. The standard InChI is InChI=1S/C13H16ClN3/c1-2-10(14)7-8-15-13-9-16-11-5-3-4-6-12(11)17-13/h3-6,9-10H,2,7-8H2,1H3,(H,15,17). The highest BCUT2D eigenvalue weighted by atomic mass is 35.5. The van der Waals surface area contributed by atoms with Crippen LogP contribution in [0.1, 0.15) is 19.8 Å². The number of para-hydroxylation sites is 2. The number of anilines is 1. The second-order valence-electron chi connectivity index (χ2n) is 3.96. The summed E-state index contributed by atoms with van der Waals surface area (Å²) in [6.45, 7) is 2.92. The van der Waals surface area contributed by atoms with Crippen molar-refractivity contribution in [3.05, 3.63) is 30.5 Å². The van der Waals surface area contributed by atoms with Crippen LogP contribution in [0.4, 0.5) is 5.82 Å². The smallest absolute Gasteiger partial charge is 0.145 e. The average molecular weight is 250 g/mol. The van der Waals surface area contributed by atoms with Crippen molar-refractivity contribution in [3.63, 3.8) is 0 Å². The third kappa shape index (κ3) is 3.30. The highest BCUT2D eigenvalue weighted by Gasteiger charge is 2.02. The van der Waals surface area contributed by atoms with Crippen LogP contribution in [0.5, 0.6) is 0 Å². The van der Waals surface area contributed by atoms with E-state index in [0.29, 0.717) is 0 Å². The van der Waals surface area contributed by atoms with E-state index >= 15 is 0 Å². The Morgan fingerprint density at radius 2 is 2.06 bits per heavy atom. The van der Waals surface area contributed by atoms with E-state index in [4.69, 9.17) is 11.6 Å². The minimum atomic E-state index is 0.232. The Kier molecular flexibility index (Phi) is 4.15. The van der Waals surface area contributed by atoms with Gasteiger partial charge in [-0.15, -0.1) is 11.6 Å². The number of hydrogen-bond donors (Lipinski definition) is 1. The number of rotatable bonds is 5. The van der Waals surface area contributed by atoms with Gasteiger partial charge in [-0.1, -0.05) is 19.1 Å². The van der Waals surface area contributed by atoms with Crippen molar-refractivity contribution < 1.29 is 0 Å². The Morgan fingerprint density at radius 1 is 1.29 bits per heavy atom. The predicted molar refractivity (Wildman–Crippen MR) is 72.6 cm³/mol. The molecule has 17 heavy (non-hydrogen) atoms. The molecule has 4 heteroatoms. The second kappa shape index (κ2) is 5.82. The van der Waals surface area contributed by atoms with Gasteiger partial charge < -0.3 is 5.32 Å². The lowest BCUT2D eigenvalue weighted by molar-refractivity contribution is 0.752. The number of hydrogen-bond acceptors (Lipinski definition) is 3. The SMILES string of the molecule is CCC(Cl)CCNc1cnc2ccccc2n1. The second-order valence-corrected chi connectivity index (χ2v) is 4.58. The molecule has 0 aliphatic heterocycles. The maximum absolute atomic E-state index is 6.05. The fourth-order valence-electron chi connectivity index (χ4n) is 1.60. The monoisotopic (exact) mass is 249 g/mol. The highest BCUT2D eigenvalue weighted by Crippen LogP contribution is 2.12. The fourth-order valence-corrected chi connectivity index (χ4v) is 1.71. The molecule has 3 nitrogen and oxygen atoms in total. The van der Waals surface area contributed by atoms with E-state index in [1.165, 1.54) is 0 Å². The van der Waals surface area contributed by atoms with Gasteiger partial charge in [-0.3, -0.25) is 4.98 Å².